The fourth-order valence-electron chi connectivity index (χ4n) is 3.43. The fraction of sp³-hybridized carbons (Fsp3) is 0.269. The molecule has 0 radical (unpaired) electrons. The number of hydrogen-bond donors (Lipinski definition) is 1. The maximum Gasteiger partial charge on any atom is 0.258 e. The van der Waals surface area contributed by atoms with E-state index < -0.39 is 10.0 Å². The molecular weight excluding hydrogens is 455 g/mol. The number of ether oxygens (including phenoxy) is 1. The lowest BCUT2D eigenvalue weighted by Gasteiger charge is -2.23. The Labute approximate surface area is 200 Å². The number of rotatable bonds is 11. The standard InChI is InChI=1S/C26H29FN2O4S/c1-20(8-9-21-6-4-3-5-7-21)28-26(30)19-33-25-16-14-24(15-17-25)29(34(2,31)32)18-22-10-12-23(27)13-11-22/h3-7,10-17,20H,8-9,18-19H2,1-2H3,(H,28,30)/t20-/m1/s1. The molecule has 0 saturated heterocycles. The lowest BCUT2D eigenvalue weighted by atomic mass is 10.1. The molecule has 0 aliphatic carbocycles. The number of amides is 1. The van der Waals surface area contributed by atoms with Crippen LogP contribution in [0.3, 0.4) is 0 Å². The van der Waals surface area contributed by atoms with E-state index in [2.05, 4.69) is 17.4 Å². The lowest BCUT2D eigenvalue weighted by molar-refractivity contribution is -0.123. The summed E-state index contributed by atoms with van der Waals surface area (Å²) >= 11 is 0. The topological polar surface area (TPSA) is 75.7 Å². The Kier molecular flexibility index (Phi) is 8.65. The molecule has 1 atom stereocenters. The van der Waals surface area contributed by atoms with Gasteiger partial charge in [0, 0.05) is 6.04 Å². The van der Waals surface area contributed by atoms with Gasteiger partial charge in [0.05, 0.1) is 18.5 Å². The number of carbonyl (C=O) groups excluding carboxylic acids is 1. The van der Waals surface area contributed by atoms with Crippen molar-refractivity contribution in [2.45, 2.75) is 32.4 Å². The highest BCUT2D eigenvalue weighted by atomic mass is 32.2. The van der Waals surface area contributed by atoms with E-state index in [1.54, 1.807) is 36.4 Å². The van der Waals surface area contributed by atoms with E-state index in [0.717, 1.165) is 19.1 Å². The third kappa shape index (κ3) is 7.88. The van der Waals surface area contributed by atoms with Crippen LogP contribution in [0.25, 0.3) is 0 Å². The minimum absolute atomic E-state index is 0.00784. The molecule has 1 N–H and O–H groups in total. The zero-order valence-electron chi connectivity index (χ0n) is 19.3. The molecular formula is C26H29FN2O4S. The Morgan fingerprint density at radius 3 is 2.24 bits per heavy atom. The Hall–Kier alpha value is -3.39. The zero-order valence-corrected chi connectivity index (χ0v) is 20.1. The van der Waals surface area contributed by atoms with Gasteiger partial charge in [-0.3, -0.25) is 9.10 Å². The molecule has 34 heavy (non-hydrogen) atoms. The van der Waals surface area contributed by atoms with Crippen molar-refractivity contribution in [2.75, 3.05) is 17.2 Å². The van der Waals surface area contributed by atoms with Crippen LogP contribution in [-0.4, -0.2) is 33.2 Å². The summed E-state index contributed by atoms with van der Waals surface area (Å²) in [6, 6.07) is 22.2. The van der Waals surface area contributed by atoms with Crippen LogP contribution in [0.1, 0.15) is 24.5 Å². The number of sulfonamides is 1. The second-order valence-electron chi connectivity index (χ2n) is 8.17. The summed E-state index contributed by atoms with van der Waals surface area (Å²) < 4.78 is 44.6. The minimum Gasteiger partial charge on any atom is -0.484 e. The van der Waals surface area contributed by atoms with E-state index >= 15 is 0 Å². The van der Waals surface area contributed by atoms with Gasteiger partial charge in [-0.2, -0.15) is 0 Å². The minimum atomic E-state index is -3.57. The molecule has 0 heterocycles. The van der Waals surface area contributed by atoms with Crippen molar-refractivity contribution in [1.82, 2.24) is 5.32 Å². The highest BCUT2D eigenvalue weighted by molar-refractivity contribution is 7.92. The predicted molar refractivity (Wildman–Crippen MR) is 132 cm³/mol. The third-order valence-corrected chi connectivity index (χ3v) is 6.39. The number of carbonyl (C=O) groups is 1. The molecule has 3 aromatic rings. The number of nitrogens with zero attached hydrogens (tertiary/aromatic N) is 1. The molecule has 0 aliphatic heterocycles. The van der Waals surface area contributed by atoms with Crippen molar-refractivity contribution in [1.29, 1.82) is 0 Å². The van der Waals surface area contributed by atoms with Crippen molar-refractivity contribution >= 4 is 21.6 Å². The Morgan fingerprint density at radius 2 is 1.62 bits per heavy atom. The molecule has 180 valence electrons. The van der Waals surface area contributed by atoms with Crippen LogP contribution in [-0.2, 0) is 27.8 Å². The van der Waals surface area contributed by atoms with Gasteiger partial charge >= 0.3 is 0 Å². The maximum atomic E-state index is 13.2. The van der Waals surface area contributed by atoms with Gasteiger partial charge < -0.3 is 10.1 Å². The van der Waals surface area contributed by atoms with E-state index in [-0.39, 0.29) is 30.9 Å². The van der Waals surface area contributed by atoms with Crippen LogP contribution in [0.5, 0.6) is 5.75 Å². The number of aryl methyl sites for hydroxylation is 1. The van der Waals surface area contributed by atoms with Crippen LogP contribution >= 0.6 is 0 Å². The zero-order chi connectivity index (χ0) is 24.6. The van der Waals surface area contributed by atoms with Gasteiger partial charge in [-0.05, 0) is 67.3 Å². The average molecular weight is 485 g/mol. The molecule has 3 rings (SSSR count). The number of nitrogens with one attached hydrogen (secondary N) is 1. The smallest absolute Gasteiger partial charge is 0.258 e. The molecule has 0 fully saturated rings. The van der Waals surface area contributed by atoms with Gasteiger partial charge in [0.15, 0.2) is 6.61 Å². The van der Waals surface area contributed by atoms with Crippen molar-refractivity contribution in [2.24, 2.45) is 0 Å². The van der Waals surface area contributed by atoms with Gasteiger partial charge in [-0.15, -0.1) is 0 Å². The molecule has 3 aromatic carbocycles. The van der Waals surface area contributed by atoms with Crippen molar-refractivity contribution < 1.29 is 22.3 Å². The van der Waals surface area contributed by atoms with E-state index in [4.69, 9.17) is 4.74 Å². The summed E-state index contributed by atoms with van der Waals surface area (Å²) in [6.07, 6.45) is 2.81. The van der Waals surface area contributed by atoms with Crippen LogP contribution < -0.4 is 14.4 Å². The molecule has 0 spiro atoms. The molecule has 0 aliphatic rings. The van der Waals surface area contributed by atoms with Gasteiger partial charge in [0.1, 0.15) is 11.6 Å². The SMILES string of the molecule is C[C@H](CCc1ccccc1)NC(=O)COc1ccc(N(Cc2ccc(F)cc2)S(C)(=O)=O)cc1. The molecule has 0 saturated carbocycles. The van der Waals surface area contributed by atoms with Crippen LogP contribution in [0.2, 0.25) is 0 Å². The highest BCUT2D eigenvalue weighted by Gasteiger charge is 2.18. The van der Waals surface area contributed by atoms with E-state index in [1.807, 2.05) is 25.1 Å². The summed E-state index contributed by atoms with van der Waals surface area (Å²) in [5, 5.41) is 2.92. The summed E-state index contributed by atoms with van der Waals surface area (Å²) in [5.41, 5.74) is 2.32. The number of hydrogen-bond acceptors (Lipinski definition) is 4. The number of anilines is 1. The van der Waals surface area contributed by atoms with Crippen LogP contribution in [0.4, 0.5) is 10.1 Å². The summed E-state index contributed by atoms with van der Waals surface area (Å²) in [7, 11) is -3.57. The quantitative estimate of drug-likeness (QED) is 0.440. The Morgan fingerprint density at radius 1 is 0.971 bits per heavy atom. The molecule has 8 heteroatoms. The Bertz CT molecular complexity index is 1170. The second kappa shape index (κ2) is 11.7. The van der Waals surface area contributed by atoms with Crippen molar-refractivity contribution in [3.05, 3.63) is 95.8 Å². The first-order valence-electron chi connectivity index (χ1n) is 11.0. The van der Waals surface area contributed by atoms with E-state index in [1.165, 1.54) is 22.0 Å². The van der Waals surface area contributed by atoms with Crippen molar-refractivity contribution in [3.63, 3.8) is 0 Å². The lowest BCUT2D eigenvalue weighted by Crippen LogP contribution is -2.36. The fourth-order valence-corrected chi connectivity index (χ4v) is 4.32. The van der Waals surface area contributed by atoms with Crippen LogP contribution in [0.15, 0.2) is 78.9 Å². The van der Waals surface area contributed by atoms with E-state index in [0.29, 0.717) is 17.0 Å². The van der Waals surface area contributed by atoms with Gasteiger partial charge in [0.25, 0.3) is 5.91 Å². The normalized spacial score (nSPS) is 12.1. The van der Waals surface area contributed by atoms with E-state index in [9.17, 15) is 17.6 Å². The van der Waals surface area contributed by atoms with Crippen molar-refractivity contribution in [3.8, 4) is 5.75 Å². The first-order chi connectivity index (χ1) is 16.2. The molecule has 0 unspecified atom stereocenters. The number of benzene rings is 3. The Balaban J connectivity index is 1.52. The average Bonchev–Trinajstić information content (AvgIpc) is 2.81. The summed E-state index contributed by atoms with van der Waals surface area (Å²) in [4.78, 5) is 12.2. The monoisotopic (exact) mass is 484 g/mol. The largest absolute Gasteiger partial charge is 0.484 e. The van der Waals surface area contributed by atoms with Crippen LogP contribution in [0, 0.1) is 5.82 Å². The first kappa shape index (κ1) is 25.2. The van der Waals surface area contributed by atoms with Gasteiger partial charge in [-0.25, -0.2) is 12.8 Å². The maximum absolute atomic E-state index is 13.2. The second-order valence-corrected chi connectivity index (χ2v) is 10.1. The summed E-state index contributed by atoms with van der Waals surface area (Å²) in [5.74, 6) is -0.157. The highest BCUT2D eigenvalue weighted by Crippen LogP contribution is 2.24. The summed E-state index contributed by atoms with van der Waals surface area (Å²) in [6.45, 7) is 1.89. The van der Waals surface area contributed by atoms with Gasteiger partial charge in [0.2, 0.25) is 10.0 Å². The number of halogens is 1. The molecule has 0 bridgehead atoms. The first-order valence-corrected chi connectivity index (χ1v) is 12.8. The molecule has 0 aromatic heterocycles. The third-order valence-electron chi connectivity index (χ3n) is 5.25. The molecule has 1 amide bonds. The van der Waals surface area contributed by atoms with Gasteiger partial charge in [-0.1, -0.05) is 42.5 Å². The predicted octanol–water partition coefficient (Wildman–Crippen LogP) is 4.31. The molecule has 6 nitrogen and oxygen atoms in total.